The number of nitrogens with one attached hydrogen (secondary N) is 1. The number of halogens is 1. The highest BCUT2D eigenvalue weighted by molar-refractivity contribution is 7.92. The summed E-state index contributed by atoms with van der Waals surface area (Å²) in [6, 6.07) is 14.0. The van der Waals surface area contributed by atoms with Crippen LogP contribution in [0.5, 0.6) is 5.75 Å². The summed E-state index contributed by atoms with van der Waals surface area (Å²) in [6.45, 7) is 0.440. The molecule has 1 heterocycles. The van der Waals surface area contributed by atoms with E-state index in [9.17, 15) is 13.2 Å². The van der Waals surface area contributed by atoms with Crippen molar-refractivity contribution < 1.29 is 17.9 Å². The normalized spacial score (nSPS) is 17.0. The molecular weight excluding hydrogens is 376 g/mol. The summed E-state index contributed by atoms with van der Waals surface area (Å²) in [5.41, 5.74) is 1.24. The molecule has 138 valence electrons. The summed E-state index contributed by atoms with van der Waals surface area (Å²) < 4.78 is 31.2. The molecule has 0 bridgehead atoms. The number of nitrogens with zero attached hydrogens (tertiary/aromatic N) is 1. The number of rotatable bonds is 4. The van der Waals surface area contributed by atoms with Gasteiger partial charge in [-0.2, -0.15) is 0 Å². The fourth-order valence-corrected chi connectivity index (χ4v) is 3.94. The Bertz CT molecular complexity index is 917. The molecule has 0 fully saturated rings. The Balaban J connectivity index is 1.76. The van der Waals surface area contributed by atoms with Gasteiger partial charge in [0, 0.05) is 24.5 Å². The van der Waals surface area contributed by atoms with Crippen LogP contribution in [0.1, 0.15) is 12.0 Å². The Kier molecular flexibility index (Phi) is 5.38. The van der Waals surface area contributed by atoms with Crippen LogP contribution < -0.4 is 14.4 Å². The average Bonchev–Trinajstić information content (AvgIpc) is 2.80. The lowest BCUT2D eigenvalue weighted by Crippen LogP contribution is -2.39. The van der Waals surface area contributed by atoms with Crippen LogP contribution in [0.4, 0.5) is 5.69 Å². The molecule has 1 aliphatic heterocycles. The van der Waals surface area contributed by atoms with Gasteiger partial charge in [-0.15, -0.1) is 0 Å². The molecule has 0 saturated carbocycles. The summed E-state index contributed by atoms with van der Waals surface area (Å²) in [7, 11) is -3.47. The molecule has 1 amide bonds. The van der Waals surface area contributed by atoms with Crippen molar-refractivity contribution in [2.24, 2.45) is 0 Å². The van der Waals surface area contributed by atoms with Crippen molar-refractivity contribution in [3.05, 3.63) is 59.1 Å². The van der Waals surface area contributed by atoms with Gasteiger partial charge in [0.25, 0.3) is 5.91 Å². The largest absolute Gasteiger partial charge is 0.478 e. The summed E-state index contributed by atoms with van der Waals surface area (Å²) in [4.78, 5) is 12.6. The molecule has 2 aromatic carbocycles. The number of para-hydroxylation sites is 2. The van der Waals surface area contributed by atoms with E-state index < -0.39 is 16.1 Å². The summed E-state index contributed by atoms with van der Waals surface area (Å²) in [5.74, 6) is 0.0587. The van der Waals surface area contributed by atoms with E-state index in [0.29, 0.717) is 16.5 Å². The Morgan fingerprint density at radius 3 is 2.65 bits per heavy atom. The molecule has 0 radical (unpaired) electrons. The van der Waals surface area contributed by atoms with Crippen LogP contribution in [0.25, 0.3) is 0 Å². The van der Waals surface area contributed by atoms with Crippen LogP contribution in [0, 0.1) is 0 Å². The molecule has 6 nitrogen and oxygen atoms in total. The van der Waals surface area contributed by atoms with Gasteiger partial charge in [0.05, 0.1) is 11.9 Å². The number of ether oxygens (including phenoxy) is 1. The first kappa shape index (κ1) is 18.5. The molecule has 1 atom stereocenters. The second-order valence-corrected chi connectivity index (χ2v) is 8.32. The van der Waals surface area contributed by atoms with E-state index in [4.69, 9.17) is 16.3 Å². The molecule has 8 heteroatoms. The van der Waals surface area contributed by atoms with Crippen LogP contribution in [0.15, 0.2) is 48.5 Å². The number of amides is 1. The third kappa shape index (κ3) is 4.11. The van der Waals surface area contributed by atoms with Gasteiger partial charge in [0.15, 0.2) is 6.10 Å². The number of sulfonamides is 1. The van der Waals surface area contributed by atoms with Crippen LogP contribution in [0.3, 0.4) is 0 Å². The van der Waals surface area contributed by atoms with Gasteiger partial charge in [-0.25, -0.2) is 8.42 Å². The topological polar surface area (TPSA) is 75.7 Å². The highest BCUT2D eigenvalue weighted by Crippen LogP contribution is 2.33. The number of carbonyl (C=O) groups is 1. The van der Waals surface area contributed by atoms with Gasteiger partial charge in [0.2, 0.25) is 10.0 Å². The van der Waals surface area contributed by atoms with Crippen LogP contribution in [-0.4, -0.2) is 33.2 Å². The van der Waals surface area contributed by atoms with Crippen LogP contribution in [0.2, 0.25) is 5.02 Å². The third-order valence-electron chi connectivity index (χ3n) is 4.10. The van der Waals surface area contributed by atoms with Crippen molar-refractivity contribution in [1.29, 1.82) is 0 Å². The SMILES string of the molecule is CS(=O)(=O)N1CC[C@H](C(=O)NCc2ccccc2Cl)Oc2ccccc21. The molecule has 0 aromatic heterocycles. The second kappa shape index (κ2) is 7.55. The quantitative estimate of drug-likeness (QED) is 0.864. The van der Waals surface area contributed by atoms with Crippen molar-refractivity contribution in [1.82, 2.24) is 5.32 Å². The van der Waals surface area contributed by atoms with E-state index in [0.717, 1.165) is 11.8 Å². The van der Waals surface area contributed by atoms with Gasteiger partial charge in [0.1, 0.15) is 5.75 Å². The average molecular weight is 395 g/mol. The zero-order chi connectivity index (χ0) is 18.7. The van der Waals surface area contributed by atoms with Crippen LogP contribution in [-0.2, 0) is 21.4 Å². The van der Waals surface area contributed by atoms with Crippen molar-refractivity contribution >= 4 is 33.2 Å². The van der Waals surface area contributed by atoms with Gasteiger partial charge in [-0.3, -0.25) is 9.10 Å². The standard InChI is InChI=1S/C18H19ClN2O4S/c1-26(23,24)21-11-10-17(25-16-9-5-4-8-15(16)21)18(22)20-12-13-6-2-3-7-14(13)19/h2-9,17H,10-12H2,1H3,(H,20,22)/t17-/m1/s1. The van der Waals surface area contributed by atoms with E-state index in [1.807, 2.05) is 18.2 Å². The molecule has 0 unspecified atom stereocenters. The number of anilines is 1. The van der Waals surface area contributed by atoms with E-state index in [1.54, 1.807) is 30.3 Å². The van der Waals surface area contributed by atoms with Crippen LogP contribution >= 0.6 is 11.6 Å². The zero-order valence-corrected chi connectivity index (χ0v) is 15.8. The number of benzene rings is 2. The molecule has 26 heavy (non-hydrogen) atoms. The first-order chi connectivity index (χ1) is 12.4. The van der Waals surface area contributed by atoms with Gasteiger partial charge >= 0.3 is 0 Å². The Morgan fingerprint density at radius 1 is 1.23 bits per heavy atom. The van der Waals surface area contributed by atoms with Crippen molar-refractivity contribution in [3.63, 3.8) is 0 Å². The Labute approximate surface area is 157 Å². The van der Waals surface area contributed by atoms with Gasteiger partial charge in [-0.05, 0) is 23.8 Å². The molecule has 2 aromatic rings. The van der Waals surface area contributed by atoms with E-state index >= 15 is 0 Å². The minimum atomic E-state index is -3.47. The fraction of sp³-hybridized carbons (Fsp3) is 0.278. The number of carbonyl (C=O) groups excluding carboxylic acids is 1. The molecule has 3 rings (SSSR count). The minimum Gasteiger partial charge on any atom is -0.478 e. The molecule has 0 spiro atoms. The van der Waals surface area contributed by atoms with Gasteiger partial charge in [-0.1, -0.05) is 41.9 Å². The molecule has 1 aliphatic rings. The lowest BCUT2D eigenvalue weighted by Gasteiger charge is -2.20. The lowest BCUT2D eigenvalue weighted by atomic mass is 10.2. The second-order valence-electron chi connectivity index (χ2n) is 6.01. The van der Waals surface area contributed by atoms with Gasteiger partial charge < -0.3 is 10.1 Å². The zero-order valence-electron chi connectivity index (χ0n) is 14.2. The maximum Gasteiger partial charge on any atom is 0.261 e. The number of fused-ring (bicyclic) bond motifs is 1. The maximum atomic E-state index is 12.6. The van der Waals surface area contributed by atoms with E-state index in [1.165, 1.54) is 4.31 Å². The van der Waals surface area contributed by atoms with E-state index in [2.05, 4.69) is 5.32 Å². The molecule has 0 aliphatic carbocycles. The molecular formula is C18H19ClN2O4S. The third-order valence-corrected chi connectivity index (χ3v) is 5.65. The molecule has 0 saturated heterocycles. The first-order valence-corrected chi connectivity index (χ1v) is 10.3. The smallest absolute Gasteiger partial charge is 0.261 e. The van der Waals surface area contributed by atoms with Crippen molar-refractivity contribution in [3.8, 4) is 5.75 Å². The van der Waals surface area contributed by atoms with Crippen molar-refractivity contribution in [2.45, 2.75) is 19.1 Å². The predicted molar refractivity (Wildman–Crippen MR) is 101 cm³/mol. The van der Waals surface area contributed by atoms with Crippen molar-refractivity contribution in [2.75, 3.05) is 17.1 Å². The highest BCUT2D eigenvalue weighted by atomic mass is 35.5. The Hall–Kier alpha value is -2.25. The summed E-state index contributed by atoms with van der Waals surface area (Å²) >= 11 is 6.10. The minimum absolute atomic E-state index is 0.167. The van der Waals surface area contributed by atoms with E-state index in [-0.39, 0.29) is 25.4 Å². The summed E-state index contributed by atoms with van der Waals surface area (Å²) in [5, 5.41) is 3.38. The number of hydrogen-bond acceptors (Lipinski definition) is 4. The Morgan fingerprint density at radius 2 is 1.92 bits per heavy atom. The maximum absolute atomic E-state index is 12.6. The monoisotopic (exact) mass is 394 g/mol. The highest BCUT2D eigenvalue weighted by Gasteiger charge is 2.30. The first-order valence-electron chi connectivity index (χ1n) is 8.11. The predicted octanol–water partition coefficient (Wildman–Crippen LogP) is 2.57. The fourth-order valence-electron chi connectivity index (χ4n) is 2.80. The lowest BCUT2D eigenvalue weighted by molar-refractivity contribution is -0.128. The molecule has 1 N–H and O–H groups in total. The number of hydrogen-bond donors (Lipinski definition) is 1. The summed E-state index contributed by atoms with van der Waals surface area (Å²) in [6.07, 6.45) is 0.600.